The Labute approximate surface area is 198 Å². The van der Waals surface area contributed by atoms with E-state index in [9.17, 15) is 4.79 Å². The minimum Gasteiger partial charge on any atom is -0.331 e. The fourth-order valence-corrected chi connectivity index (χ4v) is 3.84. The first-order valence-corrected chi connectivity index (χ1v) is 11.2. The van der Waals surface area contributed by atoms with Crippen molar-refractivity contribution in [2.24, 2.45) is 0 Å². The first kappa shape index (κ1) is 21.4. The molecule has 5 aromatic rings. The summed E-state index contributed by atoms with van der Waals surface area (Å²) in [7, 11) is 0. The maximum Gasteiger partial charge on any atom is 0.259 e. The second-order valence-corrected chi connectivity index (χ2v) is 8.29. The molecule has 0 saturated heterocycles. The zero-order chi connectivity index (χ0) is 23.5. The van der Waals surface area contributed by atoms with E-state index in [1.54, 1.807) is 17.1 Å². The fourth-order valence-electron chi connectivity index (χ4n) is 3.84. The molecular weight excluding hydrogens is 422 g/mol. The van der Waals surface area contributed by atoms with E-state index in [1.807, 2.05) is 98.9 Å². The lowest BCUT2D eigenvalue weighted by Crippen LogP contribution is -2.12. The second-order valence-electron chi connectivity index (χ2n) is 8.29. The van der Waals surface area contributed by atoms with Crippen molar-refractivity contribution in [1.82, 2.24) is 19.3 Å². The summed E-state index contributed by atoms with van der Waals surface area (Å²) < 4.78 is 3.84. The van der Waals surface area contributed by atoms with Crippen LogP contribution in [0.5, 0.6) is 0 Å². The van der Waals surface area contributed by atoms with Gasteiger partial charge in [0.2, 0.25) is 0 Å². The Morgan fingerprint density at radius 3 is 2.32 bits per heavy atom. The molecule has 168 valence electrons. The number of aromatic nitrogens is 4. The topological polar surface area (TPSA) is 64.7 Å². The molecule has 0 radical (unpaired) electrons. The van der Waals surface area contributed by atoms with Crippen LogP contribution in [-0.4, -0.2) is 25.2 Å². The summed E-state index contributed by atoms with van der Waals surface area (Å²) in [4.78, 5) is 17.6. The molecule has 1 N–H and O–H groups in total. The average Bonchev–Trinajstić information content (AvgIpc) is 3.48. The highest BCUT2D eigenvalue weighted by atomic mass is 16.1. The Kier molecular flexibility index (Phi) is 5.79. The Morgan fingerprint density at radius 1 is 0.912 bits per heavy atom. The largest absolute Gasteiger partial charge is 0.331 e. The van der Waals surface area contributed by atoms with E-state index in [2.05, 4.69) is 14.9 Å². The molecule has 0 aliphatic heterocycles. The number of aryl methyl sites for hydroxylation is 2. The molecule has 2 aromatic heterocycles. The van der Waals surface area contributed by atoms with Gasteiger partial charge in [0.15, 0.2) is 0 Å². The summed E-state index contributed by atoms with van der Waals surface area (Å²) in [6.45, 7) is 4.76. The van der Waals surface area contributed by atoms with Crippen LogP contribution in [0.3, 0.4) is 0 Å². The molecule has 0 fully saturated rings. The maximum atomic E-state index is 13.3. The number of amides is 1. The molecule has 0 atom stereocenters. The van der Waals surface area contributed by atoms with Gasteiger partial charge in [-0.2, -0.15) is 5.10 Å². The number of nitrogens with one attached hydrogen (secondary N) is 1. The van der Waals surface area contributed by atoms with E-state index in [1.165, 1.54) is 5.56 Å². The fraction of sp³-hybridized carbons (Fsp3) is 0.107. The highest BCUT2D eigenvalue weighted by molar-refractivity contribution is 6.08. The molecule has 3 aromatic carbocycles. The average molecular weight is 448 g/mol. The predicted molar refractivity (Wildman–Crippen MR) is 134 cm³/mol. The molecule has 1 amide bonds. The molecule has 0 aliphatic carbocycles. The molecule has 0 bridgehead atoms. The molecule has 5 rings (SSSR count). The van der Waals surface area contributed by atoms with Crippen molar-refractivity contribution in [3.63, 3.8) is 0 Å². The van der Waals surface area contributed by atoms with Gasteiger partial charge in [0.05, 0.1) is 11.3 Å². The Hall–Kier alpha value is -4.45. The maximum absolute atomic E-state index is 13.3. The van der Waals surface area contributed by atoms with Crippen LogP contribution in [0.15, 0.2) is 97.5 Å². The van der Waals surface area contributed by atoms with Gasteiger partial charge >= 0.3 is 0 Å². The lowest BCUT2D eigenvalue weighted by molar-refractivity contribution is 0.102. The molecule has 0 aliphatic rings. The van der Waals surface area contributed by atoms with Crippen LogP contribution in [0.4, 0.5) is 5.69 Å². The van der Waals surface area contributed by atoms with Gasteiger partial charge in [-0.05, 0) is 43.7 Å². The summed E-state index contributed by atoms with van der Waals surface area (Å²) >= 11 is 0. The van der Waals surface area contributed by atoms with Crippen LogP contribution in [0.1, 0.15) is 27.3 Å². The summed E-state index contributed by atoms with van der Waals surface area (Å²) in [5.74, 6) is 0.770. The molecule has 6 nitrogen and oxygen atoms in total. The van der Waals surface area contributed by atoms with E-state index < -0.39 is 0 Å². The summed E-state index contributed by atoms with van der Waals surface area (Å²) in [5.41, 5.74) is 6.00. The van der Waals surface area contributed by atoms with Gasteiger partial charge in [0.1, 0.15) is 11.5 Å². The van der Waals surface area contributed by atoms with Gasteiger partial charge in [-0.25, -0.2) is 9.67 Å². The van der Waals surface area contributed by atoms with Crippen molar-refractivity contribution < 1.29 is 4.79 Å². The van der Waals surface area contributed by atoms with Crippen LogP contribution in [0, 0.1) is 13.8 Å². The lowest BCUT2D eigenvalue weighted by atomic mass is 10.1. The summed E-state index contributed by atoms with van der Waals surface area (Å²) in [6, 6.07) is 25.7. The highest BCUT2D eigenvalue weighted by Gasteiger charge is 2.19. The summed E-state index contributed by atoms with van der Waals surface area (Å²) in [5, 5.41) is 7.78. The Morgan fingerprint density at radius 2 is 1.65 bits per heavy atom. The number of rotatable bonds is 6. The predicted octanol–water partition coefficient (Wildman–Crippen LogP) is 5.65. The third kappa shape index (κ3) is 4.52. The minimum absolute atomic E-state index is 0.199. The number of carbonyl (C=O) groups excluding carboxylic acids is 1. The van der Waals surface area contributed by atoms with Crippen molar-refractivity contribution >= 4 is 11.6 Å². The molecule has 0 unspecified atom stereocenters. The number of carbonyl (C=O) groups is 1. The molecule has 34 heavy (non-hydrogen) atoms. The number of hydrogen-bond acceptors (Lipinski definition) is 3. The normalized spacial score (nSPS) is 10.9. The van der Waals surface area contributed by atoms with E-state index in [-0.39, 0.29) is 5.91 Å². The number of benzene rings is 3. The van der Waals surface area contributed by atoms with Crippen molar-refractivity contribution in [2.45, 2.75) is 20.4 Å². The minimum atomic E-state index is -0.199. The smallest absolute Gasteiger partial charge is 0.259 e. The third-order valence-electron chi connectivity index (χ3n) is 5.79. The lowest BCUT2D eigenvalue weighted by Gasteiger charge is -2.08. The van der Waals surface area contributed by atoms with Crippen molar-refractivity contribution in [2.75, 3.05) is 5.32 Å². The molecule has 6 heteroatoms. The van der Waals surface area contributed by atoms with Crippen LogP contribution >= 0.6 is 0 Å². The van der Waals surface area contributed by atoms with Gasteiger partial charge in [-0.1, -0.05) is 60.2 Å². The first-order chi connectivity index (χ1) is 16.6. The van der Waals surface area contributed by atoms with Gasteiger partial charge in [0.25, 0.3) is 5.91 Å². The van der Waals surface area contributed by atoms with Crippen molar-refractivity contribution in [3.8, 4) is 16.9 Å². The first-order valence-electron chi connectivity index (χ1n) is 11.2. The zero-order valence-corrected chi connectivity index (χ0v) is 19.1. The molecule has 0 saturated carbocycles. The van der Waals surface area contributed by atoms with Gasteiger partial charge in [-0.3, -0.25) is 4.79 Å². The van der Waals surface area contributed by atoms with Crippen LogP contribution < -0.4 is 5.32 Å². The van der Waals surface area contributed by atoms with E-state index in [0.29, 0.717) is 11.3 Å². The monoisotopic (exact) mass is 447 g/mol. The third-order valence-corrected chi connectivity index (χ3v) is 5.79. The van der Waals surface area contributed by atoms with E-state index >= 15 is 0 Å². The molecular formula is C28H25N5O. The number of anilines is 1. The van der Waals surface area contributed by atoms with E-state index in [0.717, 1.165) is 34.9 Å². The van der Waals surface area contributed by atoms with Gasteiger partial charge < -0.3 is 9.88 Å². The van der Waals surface area contributed by atoms with Crippen LogP contribution in [-0.2, 0) is 6.54 Å². The van der Waals surface area contributed by atoms with Crippen molar-refractivity contribution in [1.29, 1.82) is 0 Å². The summed E-state index contributed by atoms with van der Waals surface area (Å²) in [6.07, 6.45) is 5.55. The van der Waals surface area contributed by atoms with Crippen LogP contribution in [0.25, 0.3) is 16.9 Å². The van der Waals surface area contributed by atoms with Crippen LogP contribution in [0.2, 0.25) is 0 Å². The standard InChI is InChI=1S/C28H25N5O/c1-20-8-14-25(15-9-20)33-19-26(27(31-33)23-6-4-3-5-7-23)28(34)30-24-12-10-22(11-13-24)18-32-17-16-29-21(32)2/h3-17,19H,18H2,1-2H3,(H,30,34). The zero-order valence-electron chi connectivity index (χ0n) is 19.1. The van der Waals surface area contributed by atoms with E-state index in [4.69, 9.17) is 5.10 Å². The Balaban J connectivity index is 1.41. The molecule has 0 spiro atoms. The number of imidazole rings is 1. The highest BCUT2D eigenvalue weighted by Crippen LogP contribution is 2.25. The number of nitrogens with zero attached hydrogens (tertiary/aromatic N) is 4. The second kappa shape index (κ2) is 9.19. The van der Waals surface area contributed by atoms with Gasteiger partial charge in [0, 0.05) is 36.4 Å². The van der Waals surface area contributed by atoms with Gasteiger partial charge in [-0.15, -0.1) is 0 Å². The van der Waals surface area contributed by atoms with Crippen molar-refractivity contribution in [3.05, 3.63) is 120 Å². The SMILES string of the molecule is Cc1ccc(-n2cc(C(=O)Nc3ccc(Cn4ccnc4C)cc3)c(-c3ccccc3)n2)cc1. The molecule has 2 heterocycles. The number of hydrogen-bond donors (Lipinski definition) is 1. The Bertz CT molecular complexity index is 1410. The quantitative estimate of drug-likeness (QED) is 0.366.